The molecule has 0 heterocycles. The molecule has 0 bridgehead atoms. The van der Waals surface area contributed by atoms with Gasteiger partial charge in [0.05, 0.1) is 0 Å². The molecule has 0 amide bonds. The average Bonchev–Trinajstić information content (AvgIpc) is 3.69. The van der Waals surface area contributed by atoms with Crippen molar-refractivity contribution >= 4 is 11.1 Å². The molecule has 0 N–H and O–H groups in total. The molecule has 0 spiro atoms. The highest BCUT2D eigenvalue weighted by atomic mass is 14.2. The zero-order valence-electron chi connectivity index (χ0n) is 40.1. The van der Waals surface area contributed by atoms with Crippen molar-refractivity contribution in [2.24, 2.45) is 0 Å². The summed E-state index contributed by atoms with van der Waals surface area (Å²) in [7, 11) is 0. The summed E-state index contributed by atoms with van der Waals surface area (Å²) in [6, 6.07) is 59.0. The van der Waals surface area contributed by atoms with Gasteiger partial charge in [0, 0.05) is 0 Å². The number of aryl methyl sites for hydroxylation is 3. The van der Waals surface area contributed by atoms with E-state index in [-0.39, 0.29) is 0 Å². The highest BCUT2D eigenvalue weighted by Gasteiger charge is 2.18. The van der Waals surface area contributed by atoms with Gasteiger partial charge in [0.15, 0.2) is 0 Å². The van der Waals surface area contributed by atoms with Crippen molar-refractivity contribution < 1.29 is 0 Å². The van der Waals surface area contributed by atoms with E-state index in [0.717, 1.165) is 18.4 Å². The minimum Gasteiger partial charge on any atom is -0.0984 e. The summed E-state index contributed by atoms with van der Waals surface area (Å²) in [5.41, 5.74) is 24.9. The third-order valence-corrected chi connectivity index (χ3v) is 11.2. The lowest BCUT2D eigenvalue weighted by Gasteiger charge is -2.08. The summed E-state index contributed by atoms with van der Waals surface area (Å²) in [5, 5.41) is 0. The van der Waals surface area contributed by atoms with Crippen LogP contribution in [0.15, 0.2) is 212 Å². The number of benzene rings is 7. The molecule has 0 unspecified atom stereocenters. The number of rotatable bonds is 9. The van der Waals surface area contributed by atoms with Crippen molar-refractivity contribution in [3.63, 3.8) is 0 Å². The topological polar surface area (TPSA) is 0 Å². The zero-order valence-corrected chi connectivity index (χ0v) is 40.1. The Balaban J connectivity index is 0.000000177. The maximum atomic E-state index is 3.93. The van der Waals surface area contributed by atoms with Gasteiger partial charge >= 0.3 is 0 Å². The maximum Gasteiger partial charge on any atom is -0.00132 e. The molecular formula is C64H68. The van der Waals surface area contributed by atoms with Gasteiger partial charge in [-0.3, -0.25) is 0 Å². The summed E-state index contributed by atoms with van der Waals surface area (Å²) in [6.07, 6.45) is 12.8. The molecule has 64 heavy (non-hydrogen) atoms. The first-order valence-electron chi connectivity index (χ1n) is 23.0. The Bertz CT molecular complexity index is 2660. The first-order chi connectivity index (χ1) is 31.0. The van der Waals surface area contributed by atoms with Gasteiger partial charge in [-0.15, -0.1) is 0 Å². The summed E-state index contributed by atoms with van der Waals surface area (Å²) < 4.78 is 0. The molecule has 0 nitrogen and oxygen atoms in total. The van der Waals surface area contributed by atoms with E-state index in [2.05, 4.69) is 250 Å². The van der Waals surface area contributed by atoms with E-state index in [1.54, 1.807) is 0 Å². The zero-order chi connectivity index (χ0) is 46.0. The van der Waals surface area contributed by atoms with Gasteiger partial charge < -0.3 is 0 Å². The third kappa shape index (κ3) is 13.6. The molecule has 0 fully saturated rings. The van der Waals surface area contributed by atoms with Gasteiger partial charge in [-0.1, -0.05) is 237 Å². The van der Waals surface area contributed by atoms with Crippen LogP contribution in [0.3, 0.4) is 0 Å². The van der Waals surface area contributed by atoms with Crippen molar-refractivity contribution in [3.05, 3.63) is 251 Å². The summed E-state index contributed by atoms with van der Waals surface area (Å²) in [5.74, 6) is 0. The lowest BCUT2D eigenvalue weighted by molar-refractivity contribution is 1.22. The first kappa shape index (κ1) is 48.3. The van der Waals surface area contributed by atoms with Gasteiger partial charge in [-0.25, -0.2) is 0 Å². The molecule has 0 radical (unpaired) electrons. The number of hydrogen-bond donors (Lipinski definition) is 0. The molecule has 1 aliphatic rings. The van der Waals surface area contributed by atoms with Crippen LogP contribution in [-0.2, 0) is 6.42 Å². The second-order valence-electron chi connectivity index (χ2n) is 16.8. The average molecular weight is 837 g/mol. The van der Waals surface area contributed by atoms with Gasteiger partial charge in [-0.05, 0) is 151 Å². The lowest BCUT2D eigenvalue weighted by atomic mass is 9.97. The van der Waals surface area contributed by atoms with E-state index in [0.29, 0.717) is 0 Å². The van der Waals surface area contributed by atoms with Gasteiger partial charge in [0.25, 0.3) is 0 Å². The van der Waals surface area contributed by atoms with E-state index in [9.17, 15) is 0 Å². The van der Waals surface area contributed by atoms with Crippen LogP contribution < -0.4 is 0 Å². The Labute approximate surface area is 386 Å². The normalized spacial score (nSPS) is 11.2. The van der Waals surface area contributed by atoms with Crippen LogP contribution in [0.2, 0.25) is 0 Å². The van der Waals surface area contributed by atoms with Crippen LogP contribution in [-0.4, -0.2) is 0 Å². The van der Waals surface area contributed by atoms with Crippen molar-refractivity contribution in [1.82, 2.24) is 0 Å². The van der Waals surface area contributed by atoms with E-state index in [4.69, 9.17) is 0 Å². The van der Waals surface area contributed by atoms with Crippen LogP contribution in [0.1, 0.15) is 93.8 Å². The van der Waals surface area contributed by atoms with E-state index in [1.165, 1.54) is 100 Å². The van der Waals surface area contributed by atoms with E-state index >= 15 is 0 Å². The molecule has 1 aliphatic carbocycles. The fourth-order valence-corrected chi connectivity index (χ4v) is 7.56. The SMILES string of the molecule is C=C/C(=C\C=C(C)C)c1cccc(-c2ccc(C)cc2)c1.CC.CC/C(=C\C=C(C)C)c1ccc2c(c1)Cc1ccccc1-2.Cc1ccc(-c2cccc(-c3ccc(C)cc3)c2)cc1. The maximum absolute atomic E-state index is 3.93. The molecule has 0 aromatic heterocycles. The standard InChI is InChI=1S/2C21H22.C20H18.C2H6/c1-4-16(10-9-15(2)3)17-11-12-21-19(13-17)14-18-7-5-6-8-20(18)21;1-5-18(12-9-16(2)3)20-7-6-8-21(15-20)19-13-10-17(4)11-14-19;1-15-6-10-17(11-7-15)19-4-3-5-20(14-19)18-12-8-16(2)9-13-18;1-2/h5-13H,4,14H2,1-3H3;5-15H,1H2,2-4H3;3-14H,1-2H3;1-2H3/b16-10+;18-12+;;. The summed E-state index contributed by atoms with van der Waals surface area (Å²) in [6.45, 7) is 25.0. The molecular weight excluding hydrogens is 769 g/mol. The number of fused-ring (bicyclic) bond motifs is 3. The molecule has 0 aliphatic heterocycles. The smallest absolute Gasteiger partial charge is 0.00132 e. The number of hydrogen-bond acceptors (Lipinski definition) is 0. The Hall–Kier alpha value is -6.76. The van der Waals surface area contributed by atoms with Crippen LogP contribution in [0.4, 0.5) is 0 Å². The Morgan fingerprint density at radius 1 is 0.438 bits per heavy atom. The first-order valence-corrected chi connectivity index (χ1v) is 23.0. The van der Waals surface area contributed by atoms with Gasteiger partial charge in [0.2, 0.25) is 0 Å². The Morgan fingerprint density at radius 3 is 1.41 bits per heavy atom. The molecule has 0 heteroatoms. The second-order valence-corrected chi connectivity index (χ2v) is 16.8. The molecule has 0 saturated heterocycles. The Morgan fingerprint density at radius 2 is 0.906 bits per heavy atom. The highest BCUT2D eigenvalue weighted by molar-refractivity contribution is 5.81. The van der Waals surface area contributed by atoms with Crippen LogP contribution >= 0.6 is 0 Å². The van der Waals surface area contributed by atoms with Gasteiger partial charge in [-0.2, -0.15) is 0 Å². The molecule has 8 rings (SSSR count). The van der Waals surface area contributed by atoms with Gasteiger partial charge in [0.1, 0.15) is 0 Å². The molecule has 7 aromatic carbocycles. The van der Waals surface area contributed by atoms with E-state index in [1.807, 2.05) is 19.9 Å². The van der Waals surface area contributed by atoms with Crippen LogP contribution in [0, 0.1) is 20.8 Å². The van der Waals surface area contributed by atoms with Crippen molar-refractivity contribution in [3.8, 4) is 44.5 Å². The minimum absolute atomic E-state index is 1.06. The highest BCUT2D eigenvalue weighted by Crippen LogP contribution is 2.38. The minimum atomic E-state index is 1.06. The van der Waals surface area contributed by atoms with Crippen molar-refractivity contribution in [1.29, 1.82) is 0 Å². The van der Waals surface area contributed by atoms with Crippen molar-refractivity contribution in [2.75, 3.05) is 0 Å². The van der Waals surface area contributed by atoms with Crippen LogP contribution in [0.25, 0.3) is 55.7 Å². The fraction of sp³-hybridized carbons (Fsp3) is 0.188. The largest absolute Gasteiger partial charge is 0.0984 e. The quantitative estimate of drug-likeness (QED) is 0.127. The lowest BCUT2D eigenvalue weighted by Crippen LogP contribution is -1.87. The number of allylic oxidation sites excluding steroid dienone is 9. The monoisotopic (exact) mass is 837 g/mol. The predicted molar refractivity (Wildman–Crippen MR) is 285 cm³/mol. The van der Waals surface area contributed by atoms with Crippen LogP contribution in [0.5, 0.6) is 0 Å². The van der Waals surface area contributed by atoms with Crippen molar-refractivity contribution in [2.45, 2.75) is 82.1 Å². The molecule has 0 saturated carbocycles. The molecule has 7 aromatic rings. The third-order valence-electron chi connectivity index (χ3n) is 11.2. The summed E-state index contributed by atoms with van der Waals surface area (Å²) in [4.78, 5) is 0. The van der Waals surface area contributed by atoms with E-state index < -0.39 is 0 Å². The fourth-order valence-electron chi connectivity index (χ4n) is 7.56. The second kappa shape index (κ2) is 24.2. The predicted octanol–water partition coefficient (Wildman–Crippen LogP) is 18.9. The molecule has 324 valence electrons. The molecule has 0 atom stereocenters. The Kier molecular flexibility index (Phi) is 18.2. The summed E-state index contributed by atoms with van der Waals surface area (Å²) >= 11 is 0.